The molecule has 0 aromatic heterocycles. The fourth-order valence-electron chi connectivity index (χ4n) is 4.31. The van der Waals surface area contributed by atoms with Gasteiger partial charge >= 0.3 is 6.16 Å². The number of ether oxygens (including phenoxy) is 1. The Morgan fingerprint density at radius 1 is 0.833 bits per heavy atom. The zero-order chi connectivity index (χ0) is 26.7. The topological polar surface area (TPSA) is 124 Å². The molecule has 1 unspecified atom stereocenters. The Balaban J connectivity index is 2.18. The maximum Gasteiger partial charge on any atom is 0.506 e. The largest absolute Gasteiger partial charge is 0.506 e. The Morgan fingerprint density at radius 3 is 1.64 bits per heavy atom. The minimum Gasteiger partial charge on any atom is -0.450 e. The number of hydrogen-bond donors (Lipinski definition) is 1. The fourth-order valence-corrected chi connectivity index (χ4v) is 5.85. The van der Waals surface area contributed by atoms with Gasteiger partial charge in [-0.05, 0) is 24.1 Å². The van der Waals surface area contributed by atoms with E-state index in [2.05, 4.69) is 6.92 Å². The average Bonchev–Trinajstić information content (AvgIpc) is 2.83. The lowest BCUT2D eigenvalue weighted by atomic mass is 10.0. The second kappa shape index (κ2) is 19.0. The zero-order valence-electron chi connectivity index (χ0n) is 21.9. The highest BCUT2D eigenvalue weighted by Crippen LogP contribution is 2.23. The summed E-state index contributed by atoms with van der Waals surface area (Å²) in [6, 6.07) is 5.07. The molecule has 0 spiro atoms. The van der Waals surface area contributed by atoms with Gasteiger partial charge in [-0.15, -0.1) is 0 Å². The van der Waals surface area contributed by atoms with Crippen LogP contribution in [0, 0.1) is 10.1 Å². The number of unbranched alkanes of at least 4 members (excludes halogenated alkanes) is 15. The third-order valence-electron chi connectivity index (χ3n) is 6.43. The molecule has 1 N–H and O–H groups in total. The van der Waals surface area contributed by atoms with Gasteiger partial charge in [-0.2, -0.15) is 0 Å². The maximum atomic E-state index is 12.5. The van der Waals surface area contributed by atoms with Crippen molar-refractivity contribution in [2.45, 2.75) is 116 Å². The first-order chi connectivity index (χ1) is 17.2. The number of hydrogen-bond acceptors (Lipinski definition) is 6. The van der Waals surface area contributed by atoms with Crippen molar-refractivity contribution in [3.05, 3.63) is 39.9 Å². The number of nitro benzene ring substituents is 1. The quantitative estimate of drug-likeness (QED) is 0.0700. The number of carboxylic acid groups (broad SMARTS) is 1. The Labute approximate surface area is 216 Å². The van der Waals surface area contributed by atoms with Gasteiger partial charge in [-0.3, -0.25) is 10.1 Å². The van der Waals surface area contributed by atoms with Crippen LogP contribution in [0.15, 0.2) is 24.3 Å². The van der Waals surface area contributed by atoms with E-state index >= 15 is 0 Å². The van der Waals surface area contributed by atoms with Crippen molar-refractivity contribution in [1.82, 2.24) is 0 Å². The molecule has 9 heteroatoms. The Bertz CT molecular complexity index is 840. The van der Waals surface area contributed by atoms with Crippen molar-refractivity contribution < 1.29 is 28.0 Å². The van der Waals surface area contributed by atoms with Gasteiger partial charge < -0.3 is 9.84 Å². The molecule has 0 aliphatic rings. The lowest BCUT2D eigenvalue weighted by Gasteiger charge is -2.16. The first-order valence-electron chi connectivity index (χ1n) is 13.6. The first kappa shape index (κ1) is 31.9. The molecule has 0 fully saturated rings. The third-order valence-corrected chi connectivity index (χ3v) is 8.15. The van der Waals surface area contributed by atoms with Crippen LogP contribution in [-0.2, 0) is 14.6 Å². The molecule has 0 heterocycles. The molecule has 0 saturated heterocycles. The van der Waals surface area contributed by atoms with E-state index in [0.29, 0.717) is 6.42 Å². The van der Waals surface area contributed by atoms with Crippen LogP contribution in [0.5, 0.6) is 0 Å². The highest BCUT2D eigenvalue weighted by Gasteiger charge is 2.24. The summed E-state index contributed by atoms with van der Waals surface area (Å²) in [6.45, 7) is 2.25. The van der Waals surface area contributed by atoms with Gasteiger partial charge in [0.25, 0.3) is 5.69 Å². The molecule has 0 saturated carbocycles. The van der Waals surface area contributed by atoms with Gasteiger partial charge in [0.05, 0.1) is 16.4 Å². The van der Waals surface area contributed by atoms with Crippen LogP contribution < -0.4 is 0 Å². The minimum atomic E-state index is -3.54. The third kappa shape index (κ3) is 15.8. The normalized spacial score (nSPS) is 12.4. The standard InChI is InChI=1S/C27H45NO7S/c1-2-3-4-5-6-7-8-9-10-11-12-13-14-15-16-17-22-36(33,34)23-26(35-27(29)30)24-18-20-25(21-19-24)28(31)32/h18-21,26H,2-17,22-23H2,1H3,(H,29,30). The number of carbonyl (C=O) groups is 1. The number of benzene rings is 1. The summed E-state index contributed by atoms with van der Waals surface area (Å²) in [5.41, 5.74) is 0.113. The molecule has 0 bridgehead atoms. The number of non-ortho nitro benzene ring substituents is 1. The molecular formula is C27H45NO7S. The molecule has 1 aromatic rings. The fraction of sp³-hybridized carbons (Fsp3) is 0.741. The molecule has 1 atom stereocenters. The van der Waals surface area contributed by atoms with Crippen LogP contribution in [0.25, 0.3) is 0 Å². The number of nitro groups is 1. The van der Waals surface area contributed by atoms with E-state index in [1.807, 2.05) is 0 Å². The van der Waals surface area contributed by atoms with E-state index in [1.54, 1.807) is 0 Å². The summed E-state index contributed by atoms with van der Waals surface area (Å²) in [5, 5.41) is 19.8. The zero-order valence-corrected chi connectivity index (χ0v) is 22.7. The molecule has 0 amide bonds. The van der Waals surface area contributed by atoms with Gasteiger partial charge in [0.1, 0.15) is 6.10 Å². The van der Waals surface area contributed by atoms with Gasteiger partial charge in [-0.1, -0.05) is 103 Å². The molecular weight excluding hydrogens is 482 g/mol. The van der Waals surface area contributed by atoms with Crippen molar-refractivity contribution in [2.75, 3.05) is 11.5 Å². The van der Waals surface area contributed by atoms with E-state index < -0.39 is 32.8 Å². The van der Waals surface area contributed by atoms with Crippen molar-refractivity contribution in [2.24, 2.45) is 0 Å². The second-order valence-electron chi connectivity index (χ2n) is 9.64. The van der Waals surface area contributed by atoms with Crippen molar-refractivity contribution in [1.29, 1.82) is 0 Å². The van der Waals surface area contributed by atoms with Crippen molar-refractivity contribution in [3.63, 3.8) is 0 Å². The predicted molar refractivity (Wildman–Crippen MR) is 143 cm³/mol. The summed E-state index contributed by atoms with van der Waals surface area (Å²) in [7, 11) is -3.54. The van der Waals surface area contributed by atoms with E-state index in [-0.39, 0.29) is 17.0 Å². The summed E-state index contributed by atoms with van der Waals surface area (Å²) >= 11 is 0. The SMILES string of the molecule is CCCCCCCCCCCCCCCCCCS(=O)(=O)CC(OC(=O)O)c1ccc([N+](=O)[O-])cc1. The van der Waals surface area contributed by atoms with Crippen LogP contribution in [0.1, 0.15) is 121 Å². The van der Waals surface area contributed by atoms with Gasteiger partial charge in [0, 0.05) is 12.1 Å². The highest BCUT2D eigenvalue weighted by atomic mass is 32.2. The lowest BCUT2D eigenvalue weighted by molar-refractivity contribution is -0.384. The van der Waals surface area contributed by atoms with E-state index in [0.717, 1.165) is 19.3 Å². The van der Waals surface area contributed by atoms with Crippen LogP contribution >= 0.6 is 0 Å². The first-order valence-corrected chi connectivity index (χ1v) is 15.4. The second-order valence-corrected chi connectivity index (χ2v) is 11.9. The molecule has 1 rings (SSSR count). The van der Waals surface area contributed by atoms with E-state index in [9.17, 15) is 23.3 Å². The van der Waals surface area contributed by atoms with Gasteiger partial charge in [-0.25, -0.2) is 13.2 Å². The molecule has 8 nitrogen and oxygen atoms in total. The van der Waals surface area contributed by atoms with Crippen molar-refractivity contribution >= 4 is 21.7 Å². The summed E-state index contributed by atoms with van der Waals surface area (Å²) in [4.78, 5) is 21.3. The molecule has 206 valence electrons. The maximum absolute atomic E-state index is 12.5. The smallest absolute Gasteiger partial charge is 0.450 e. The molecule has 0 aliphatic carbocycles. The van der Waals surface area contributed by atoms with Crippen molar-refractivity contribution in [3.8, 4) is 0 Å². The Kier molecular flexibility index (Phi) is 16.8. The lowest BCUT2D eigenvalue weighted by Crippen LogP contribution is -2.21. The minimum absolute atomic E-state index is 0.0299. The van der Waals surface area contributed by atoms with Gasteiger partial charge in [0.15, 0.2) is 9.84 Å². The molecule has 0 radical (unpaired) electrons. The van der Waals surface area contributed by atoms with Crippen LogP contribution in [-0.4, -0.2) is 36.1 Å². The Hall–Kier alpha value is -2.16. The number of nitrogens with zero attached hydrogens (tertiary/aromatic N) is 1. The van der Waals surface area contributed by atoms with Gasteiger partial charge in [0.2, 0.25) is 0 Å². The summed E-state index contributed by atoms with van der Waals surface area (Å²) in [6.07, 6.45) is 16.5. The van der Waals surface area contributed by atoms with Crippen LogP contribution in [0.3, 0.4) is 0 Å². The molecule has 1 aromatic carbocycles. The summed E-state index contributed by atoms with van der Waals surface area (Å²) < 4.78 is 29.8. The highest BCUT2D eigenvalue weighted by molar-refractivity contribution is 7.91. The van der Waals surface area contributed by atoms with E-state index in [4.69, 9.17) is 9.84 Å². The Morgan fingerprint density at radius 2 is 1.25 bits per heavy atom. The predicted octanol–water partition coefficient (Wildman–Crippen LogP) is 8.01. The summed E-state index contributed by atoms with van der Waals surface area (Å²) in [5.74, 6) is -0.506. The molecule has 36 heavy (non-hydrogen) atoms. The average molecular weight is 528 g/mol. The number of sulfone groups is 1. The molecule has 0 aliphatic heterocycles. The van der Waals surface area contributed by atoms with E-state index in [1.165, 1.54) is 101 Å². The number of rotatable bonds is 22. The monoisotopic (exact) mass is 527 g/mol. The van der Waals surface area contributed by atoms with Crippen LogP contribution in [0.2, 0.25) is 0 Å². The van der Waals surface area contributed by atoms with Crippen LogP contribution in [0.4, 0.5) is 10.5 Å².